The van der Waals surface area contributed by atoms with Crippen LogP contribution in [0.1, 0.15) is 21.6 Å². The molecule has 1 aromatic heterocycles. The van der Waals surface area contributed by atoms with Crippen molar-refractivity contribution in [2.24, 2.45) is 0 Å². The zero-order valence-electron chi connectivity index (χ0n) is 8.48. The molecule has 1 aromatic carbocycles. The number of nitrogens with zero attached hydrogens (tertiary/aromatic N) is 1. The zero-order valence-corrected chi connectivity index (χ0v) is 9.24. The Balaban J connectivity index is 2.38. The largest absolute Gasteiger partial charge is 0.478 e. The maximum absolute atomic E-state index is 13.5. The van der Waals surface area contributed by atoms with E-state index in [1.165, 1.54) is 18.2 Å². The Morgan fingerprint density at radius 2 is 2.29 bits per heavy atom. The first-order chi connectivity index (χ1) is 8.09. The molecule has 0 spiro atoms. The molecule has 0 saturated heterocycles. The van der Waals surface area contributed by atoms with Gasteiger partial charge in [-0.1, -0.05) is 22.8 Å². The van der Waals surface area contributed by atoms with Gasteiger partial charge in [0.1, 0.15) is 23.3 Å². The van der Waals surface area contributed by atoms with Gasteiger partial charge in [0.15, 0.2) is 0 Å². The normalized spacial score (nSPS) is 10.5. The SMILES string of the molecule is O=C(O)c1conc1Cc1c(F)cccc1Cl. The summed E-state index contributed by atoms with van der Waals surface area (Å²) < 4.78 is 18.0. The standard InChI is InChI=1S/C11H7ClFNO3/c12-8-2-1-3-9(13)6(8)4-10-7(11(15)16)5-17-14-10/h1-3,5H,4H2,(H,15,16). The van der Waals surface area contributed by atoms with E-state index in [-0.39, 0.29) is 28.3 Å². The van der Waals surface area contributed by atoms with Gasteiger partial charge >= 0.3 is 5.97 Å². The van der Waals surface area contributed by atoms with Crippen LogP contribution in [-0.4, -0.2) is 16.2 Å². The number of benzene rings is 1. The van der Waals surface area contributed by atoms with E-state index in [0.717, 1.165) is 6.26 Å². The van der Waals surface area contributed by atoms with E-state index in [2.05, 4.69) is 9.68 Å². The van der Waals surface area contributed by atoms with Gasteiger partial charge in [-0.25, -0.2) is 9.18 Å². The van der Waals surface area contributed by atoms with Crippen LogP contribution in [0.3, 0.4) is 0 Å². The quantitative estimate of drug-likeness (QED) is 0.916. The van der Waals surface area contributed by atoms with Crippen LogP contribution < -0.4 is 0 Å². The van der Waals surface area contributed by atoms with Crippen molar-refractivity contribution < 1.29 is 18.8 Å². The minimum atomic E-state index is -1.17. The Hall–Kier alpha value is -1.88. The van der Waals surface area contributed by atoms with E-state index in [9.17, 15) is 9.18 Å². The number of aromatic nitrogens is 1. The third-order valence-corrected chi connectivity index (χ3v) is 2.63. The molecule has 4 nitrogen and oxygen atoms in total. The van der Waals surface area contributed by atoms with Gasteiger partial charge in [0, 0.05) is 17.0 Å². The third-order valence-electron chi connectivity index (χ3n) is 2.28. The Kier molecular flexibility index (Phi) is 3.10. The van der Waals surface area contributed by atoms with Gasteiger partial charge in [0.25, 0.3) is 0 Å². The lowest BCUT2D eigenvalue weighted by molar-refractivity contribution is 0.0695. The summed E-state index contributed by atoms with van der Waals surface area (Å²) in [6, 6.07) is 4.25. The summed E-state index contributed by atoms with van der Waals surface area (Å²) in [5.74, 6) is -1.68. The lowest BCUT2D eigenvalue weighted by Gasteiger charge is -2.03. The smallest absolute Gasteiger partial charge is 0.340 e. The molecule has 88 valence electrons. The van der Waals surface area contributed by atoms with Crippen molar-refractivity contribution in [3.63, 3.8) is 0 Å². The first-order valence-corrected chi connectivity index (χ1v) is 5.07. The molecule has 2 rings (SSSR count). The molecule has 0 aliphatic heterocycles. The number of carbonyl (C=O) groups is 1. The summed E-state index contributed by atoms with van der Waals surface area (Å²) in [6.07, 6.45) is 0.982. The fourth-order valence-corrected chi connectivity index (χ4v) is 1.66. The van der Waals surface area contributed by atoms with Crippen molar-refractivity contribution in [2.75, 3.05) is 0 Å². The van der Waals surface area contributed by atoms with Gasteiger partial charge in [0.2, 0.25) is 0 Å². The summed E-state index contributed by atoms with van der Waals surface area (Å²) >= 11 is 5.83. The molecular weight excluding hydrogens is 249 g/mol. The van der Waals surface area contributed by atoms with E-state index in [1.807, 2.05) is 0 Å². The van der Waals surface area contributed by atoms with Crippen LogP contribution >= 0.6 is 11.6 Å². The highest BCUT2D eigenvalue weighted by Crippen LogP contribution is 2.23. The van der Waals surface area contributed by atoms with Crippen LogP contribution in [0, 0.1) is 5.82 Å². The Morgan fingerprint density at radius 1 is 1.53 bits per heavy atom. The van der Waals surface area contributed by atoms with Crippen LogP contribution in [0.5, 0.6) is 0 Å². The van der Waals surface area contributed by atoms with E-state index in [1.54, 1.807) is 0 Å². The van der Waals surface area contributed by atoms with Crippen molar-refractivity contribution in [3.8, 4) is 0 Å². The van der Waals surface area contributed by atoms with Crippen LogP contribution in [0.25, 0.3) is 0 Å². The molecular formula is C11H7ClFNO3. The lowest BCUT2D eigenvalue weighted by atomic mass is 10.1. The van der Waals surface area contributed by atoms with Crippen molar-refractivity contribution in [1.82, 2.24) is 5.16 Å². The molecule has 6 heteroatoms. The fraction of sp³-hybridized carbons (Fsp3) is 0.0909. The minimum absolute atomic E-state index is 0.0242. The maximum Gasteiger partial charge on any atom is 0.340 e. The van der Waals surface area contributed by atoms with E-state index in [4.69, 9.17) is 16.7 Å². The molecule has 2 aromatic rings. The van der Waals surface area contributed by atoms with Gasteiger partial charge in [-0.05, 0) is 12.1 Å². The number of aromatic carboxylic acids is 1. The molecule has 0 bridgehead atoms. The second-order valence-electron chi connectivity index (χ2n) is 3.36. The molecule has 0 unspecified atom stereocenters. The highest BCUT2D eigenvalue weighted by molar-refractivity contribution is 6.31. The van der Waals surface area contributed by atoms with Crippen LogP contribution in [0.4, 0.5) is 4.39 Å². The highest BCUT2D eigenvalue weighted by atomic mass is 35.5. The molecule has 0 fully saturated rings. The van der Waals surface area contributed by atoms with Gasteiger partial charge in [-0.15, -0.1) is 0 Å². The zero-order chi connectivity index (χ0) is 12.4. The molecule has 0 amide bonds. The molecule has 0 aliphatic carbocycles. The first kappa shape index (κ1) is 11.6. The number of carboxylic acid groups (broad SMARTS) is 1. The van der Waals surface area contributed by atoms with Gasteiger partial charge < -0.3 is 9.63 Å². The van der Waals surface area contributed by atoms with Crippen molar-refractivity contribution in [2.45, 2.75) is 6.42 Å². The molecule has 0 radical (unpaired) electrons. The second-order valence-corrected chi connectivity index (χ2v) is 3.76. The van der Waals surface area contributed by atoms with E-state index < -0.39 is 11.8 Å². The van der Waals surface area contributed by atoms with Gasteiger partial charge in [-0.3, -0.25) is 0 Å². The lowest BCUT2D eigenvalue weighted by Crippen LogP contribution is -2.02. The Labute approximate surface area is 101 Å². The monoisotopic (exact) mass is 255 g/mol. The summed E-state index contributed by atoms with van der Waals surface area (Å²) in [6.45, 7) is 0. The summed E-state index contributed by atoms with van der Waals surface area (Å²) in [5.41, 5.74) is 0.249. The van der Waals surface area contributed by atoms with Crippen molar-refractivity contribution in [3.05, 3.63) is 52.1 Å². The Morgan fingerprint density at radius 3 is 2.94 bits per heavy atom. The van der Waals surface area contributed by atoms with Crippen LogP contribution in [-0.2, 0) is 6.42 Å². The fourth-order valence-electron chi connectivity index (χ4n) is 1.43. The number of halogens is 2. The molecule has 0 atom stereocenters. The van der Waals surface area contributed by atoms with Crippen LogP contribution in [0.2, 0.25) is 5.02 Å². The Bertz CT molecular complexity index is 547. The number of hydrogen-bond donors (Lipinski definition) is 1. The van der Waals surface area contributed by atoms with E-state index in [0.29, 0.717) is 0 Å². The predicted octanol–water partition coefficient (Wildman–Crippen LogP) is 2.76. The van der Waals surface area contributed by atoms with Crippen LogP contribution in [0.15, 0.2) is 29.0 Å². The molecule has 0 saturated carbocycles. The predicted molar refractivity (Wildman–Crippen MR) is 57.7 cm³/mol. The van der Waals surface area contributed by atoms with Gasteiger partial charge in [-0.2, -0.15) is 0 Å². The molecule has 1 N–H and O–H groups in total. The summed E-state index contributed by atoms with van der Waals surface area (Å²) in [4.78, 5) is 10.8. The number of hydrogen-bond acceptors (Lipinski definition) is 3. The van der Waals surface area contributed by atoms with Crippen molar-refractivity contribution >= 4 is 17.6 Å². The summed E-state index contributed by atoms with van der Waals surface area (Å²) in [5, 5.41) is 12.6. The number of rotatable bonds is 3. The topological polar surface area (TPSA) is 63.3 Å². The second kappa shape index (κ2) is 4.55. The molecule has 1 heterocycles. The first-order valence-electron chi connectivity index (χ1n) is 4.69. The average molecular weight is 256 g/mol. The minimum Gasteiger partial charge on any atom is -0.478 e. The highest BCUT2D eigenvalue weighted by Gasteiger charge is 2.17. The van der Waals surface area contributed by atoms with Gasteiger partial charge in [0.05, 0.1) is 0 Å². The van der Waals surface area contributed by atoms with E-state index >= 15 is 0 Å². The van der Waals surface area contributed by atoms with Crippen molar-refractivity contribution in [1.29, 1.82) is 0 Å². The molecule has 17 heavy (non-hydrogen) atoms. The number of carboxylic acids is 1. The average Bonchev–Trinajstić information content (AvgIpc) is 2.72. The summed E-state index contributed by atoms with van der Waals surface area (Å²) in [7, 11) is 0. The third kappa shape index (κ3) is 2.29. The molecule has 0 aliphatic rings. The maximum atomic E-state index is 13.5.